The van der Waals surface area contributed by atoms with E-state index >= 15 is 0 Å². The van der Waals surface area contributed by atoms with Gasteiger partial charge in [0.15, 0.2) is 0 Å². The quantitative estimate of drug-likeness (QED) is 0.358. The van der Waals surface area contributed by atoms with Crippen LogP contribution in [0.1, 0.15) is 44.9 Å². The van der Waals surface area contributed by atoms with Crippen molar-refractivity contribution in [2.24, 2.45) is 0 Å². The molecule has 0 fully saturated rings. The predicted octanol–water partition coefficient (Wildman–Crippen LogP) is 4.11. The summed E-state index contributed by atoms with van der Waals surface area (Å²) < 4.78 is 59.9. The van der Waals surface area contributed by atoms with E-state index in [9.17, 15) is 26.7 Å². The fourth-order valence-corrected chi connectivity index (χ4v) is 1.25. The molecule has 0 radical (unpaired) electrons. The lowest BCUT2D eigenvalue weighted by molar-refractivity contribution is -0.284. The van der Waals surface area contributed by atoms with Gasteiger partial charge in [-0.05, 0) is 12.8 Å². The van der Waals surface area contributed by atoms with Crippen LogP contribution in [0.4, 0.5) is 22.0 Å². The van der Waals surface area contributed by atoms with Gasteiger partial charge in [-0.1, -0.05) is 19.3 Å². The molecule has 0 unspecified atom stereocenters. The molecule has 0 spiro atoms. The molecule has 0 aromatic carbocycles. The van der Waals surface area contributed by atoms with E-state index in [1.807, 2.05) is 0 Å². The standard InChI is InChI=1S/C10H15F5O/c11-9(12,10(13,14)15)7-5-3-1-2-4-6-8-16/h8H,1-7H2. The molecule has 0 N–H and O–H groups in total. The molecule has 0 amide bonds. The van der Waals surface area contributed by atoms with Gasteiger partial charge < -0.3 is 4.79 Å². The summed E-state index contributed by atoms with van der Waals surface area (Å²) in [5, 5.41) is 0. The first kappa shape index (κ1) is 15.3. The zero-order chi connectivity index (χ0) is 12.7. The molecule has 0 saturated heterocycles. The molecule has 0 saturated carbocycles. The van der Waals surface area contributed by atoms with Crippen LogP contribution in [0.2, 0.25) is 0 Å². The van der Waals surface area contributed by atoms with Crippen molar-refractivity contribution in [2.45, 2.75) is 57.0 Å². The Morgan fingerprint density at radius 1 is 0.812 bits per heavy atom. The summed E-state index contributed by atoms with van der Waals surface area (Å²) in [6, 6.07) is 0. The maximum Gasteiger partial charge on any atom is 0.453 e. The van der Waals surface area contributed by atoms with Gasteiger partial charge >= 0.3 is 12.1 Å². The lowest BCUT2D eigenvalue weighted by Gasteiger charge is -2.19. The van der Waals surface area contributed by atoms with Crippen molar-refractivity contribution in [1.29, 1.82) is 0 Å². The molecule has 0 aliphatic heterocycles. The van der Waals surface area contributed by atoms with Crippen molar-refractivity contribution in [3.8, 4) is 0 Å². The lowest BCUT2D eigenvalue weighted by Crippen LogP contribution is -2.36. The number of carbonyl (C=O) groups excluding carboxylic acids is 1. The summed E-state index contributed by atoms with van der Waals surface area (Å²) >= 11 is 0. The molecule has 16 heavy (non-hydrogen) atoms. The van der Waals surface area contributed by atoms with E-state index in [1.54, 1.807) is 0 Å². The van der Waals surface area contributed by atoms with E-state index < -0.39 is 18.5 Å². The highest BCUT2D eigenvalue weighted by molar-refractivity contribution is 5.48. The van der Waals surface area contributed by atoms with Crippen LogP contribution >= 0.6 is 0 Å². The third kappa shape index (κ3) is 6.02. The molecule has 0 heterocycles. The highest BCUT2D eigenvalue weighted by Crippen LogP contribution is 2.39. The molecule has 0 aliphatic rings. The number of aldehydes is 1. The van der Waals surface area contributed by atoms with Gasteiger partial charge in [0.05, 0.1) is 0 Å². The molecule has 0 bridgehead atoms. The van der Waals surface area contributed by atoms with Gasteiger partial charge in [-0.3, -0.25) is 0 Å². The van der Waals surface area contributed by atoms with Crippen LogP contribution in [-0.4, -0.2) is 18.4 Å². The number of hydrogen-bond donors (Lipinski definition) is 0. The Morgan fingerprint density at radius 3 is 1.81 bits per heavy atom. The van der Waals surface area contributed by atoms with Crippen molar-refractivity contribution in [1.82, 2.24) is 0 Å². The minimum atomic E-state index is -5.44. The van der Waals surface area contributed by atoms with Gasteiger partial charge in [0, 0.05) is 12.8 Å². The summed E-state index contributed by atoms with van der Waals surface area (Å²) in [5.74, 6) is -4.57. The average Bonchev–Trinajstić information content (AvgIpc) is 2.14. The third-order valence-corrected chi connectivity index (χ3v) is 2.23. The molecule has 1 nitrogen and oxygen atoms in total. The summed E-state index contributed by atoms with van der Waals surface area (Å²) in [6.07, 6.45) is -3.28. The van der Waals surface area contributed by atoms with Crippen LogP contribution < -0.4 is 0 Å². The normalized spacial score (nSPS) is 12.8. The molecule has 6 heteroatoms. The van der Waals surface area contributed by atoms with Gasteiger partial charge in [-0.2, -0.15) is 22.0 Å². The molecule has 96 valence electrons. The number of halogens is 5. The number of carbonyl (C=O) groups is 1. The van der Waals surface area contributed by atoms with Crippen LogP contribution in [0, 0.1) is 0 Å². The Kier molecular flexibility index (Phi) is 6.52. The van der Waals surface area contributed by atoms with Crippen molar-refractivity contribution in [3.05, 3.63) is 0 Å². The number of unbranched alkanes of at least 4 members (excludes halogenated alkanes) is 5. The minimum absolute atomic E-state index is 0.145. The second-order valence-electron chi connectivity index (χ2n) is 3.68. The van der Waals surface area contributed by atoms with E-state index in [1.165, 1.54) is 0 Å². The Bertz CT molecular complexity index is 200. The van der Waals surface area contributed by atoms with Gasteiger partial charge in [0.25, 0.3) is 0 Å². The minimum Gasteiger partial charge on any atom is -0.303 e. The highest BCUT2D eigenvalue weighted by Gasteiger charge is 2.56. The number of rotatable bonds is 8. The van der Waals surface area contributed by atoms with Crippen LogP contribution in [0.15, 0.2) is 0 Å². The Balaban J connectivity index is 3.55. The Labute approximate surface area is 91.0 Å². The van der Waals surface area contributed by atoms with Gasteiger partial charge in [0.1, 0.15) is 6.29 Å². The summed E-state index contributed by atoms with van der Waals surface area (Å²) in [5.41, 5.74) is 0. The fraction of sp³-hybridized carbons (Fsp3) is 0.900. The van der Waals surface area contributed by atoms with Crippen molar-refractivity contribution in [3.63, 3.8) is 0 Å². The van der Waals surface area contributed by atoms with Crippen LogP contribution in [-0.2, 0) is 4.79 Å². The SMILES string of the molecule is O=CCCCCCCCC(F)(F)C(F)(F)F. The van der Waals surface area contributed by atoms with Gasteiger partial charge in [-0.15, -0.1) is 0 Å². The second-order valence-corrected chi connectivity index (χ2v) is 3.68. The Morgan fingerprint density at radius 2 is 1.31 bits per heavy atom. The summed E-state index contributed by atoms with van der Waals surface area (Å²) in [7, 11) is 0. The van der Waals surface area contributed by atoms with Crippen molar-refractivity contribution in [2.75, 3.05) is 0 Å². The van der Waals surface area contributed by atoms with Crippen molar-refractivity contribution >= 4 is 6.29 Å². The smallest absolute Gasteiger partial charge is 0.303 e. The van der Waals surface area contributed by atoms with E-state index in [0.717, 1.165) is 6.29 Å². The maximum absolute atomic E-state index is 12.4. The Hall–Kier alpha value is -0.680. The first-order chi connectivity index (χ1) is 7.31. The first-order valence-electron chi connectivity index (χ1n) is 5.19. The molecule has 0 aliphatic carbocycles. The van der Waals surface area contributed by atoms with E-state index in [0.29, 0.717) is 32.1 Å². The molecular formula is C10H15F5O. The van der Waals surface area contributed by atoms with Crippen LogP contribution in [0.25, 0.3) is 0 Å². The number of hydrogen-bond acceptors (Lipinski definition) is 1. The largest absolute Gasteiger partial charge is 0.453 e. The molecule has 0 aromatic rings. The third-order valence-electron chi connectivity index (χ3n) is 2.23. The van der Waals surface area contributed by atoms with E-state index in [2.05, 4.69) is 0 Å². The zero-order valence-electron chi connectivity index (χ0n) is 8.83. The predicted molar refractivity (Wildman–Crippen MR) is 49.4 cm³/mol. The monoisotopic (exact) mass is 246 g/mol. The topological polar surface area (TPSA) is 17.1 Å². The molecule has 0 rings (SSSR count). The van der Waals surface area contributed by atoms with Crippen LogP contribution in [0.5, 0.6) is 0 Å². The molecule has 0 aromatic heterocycles. The average molecular weight is 246 g/mol. The highest BCUT2D eigenvalue weighted by atomic mass is 19.4. The van der Waals surface area contributed by atoms with E-state index in [-0.39, 0.29) is 6.42 Å². The van der Waals surface area contributed by atoms with Crippen molar-refractivity contribution < 1.29 is 26.7 Å². The zero-order valence-corrected chi connectivity index (χ0v) is 8.83. The molecule has 0 atom stereocenters. The number of alkyl halides is 5. The fourth-order valence-electron chi connectivity index (χ4n) is 1.25. The van der Waals surface area contributed by atoms with Gasteiger partial charge in [0.2, 0.25) is 0 Å². The summed E-state index contributed by atoms with van der Waals surface area (Å²) in [4.78, 5) is 9.91. The first-order valence-corrected chi connectivity index (χ1v) is 5.19. The maximum atomic E-state index is 12.4. The lowest BCUT2D eigenvalue weighted by atomic mass is 10.1. The van der Waals surface area contributed by atoms with E-state index in [4.69, 9.17) is 0 Å². The van der Waals surface area contributed by atoms with Crippen LogP contribution in [0.3, 0.4) is 0 Å². The second kappa shape index (κ2) is 6.81. The summed E-state index contributed by atoms with van der Waals surface area (Å²) in [6.45, 7) is 0. The molecular weight excluding hydrogens is 231 g/mol. The van der Waals surface area contributed by atoms with Gasteiger partial charge in [-0.25, -0.2) is 0 Å².